The van der Waals surface area contributed by atoms with Gasteiger partial charge < -0.3 is 19.3 Å². The van der Waals surface area contributed by atoms with Gasteiger partial charge in [-0.15, -0.1) is 0 Å². The Kier molecular flexibility index (Phi) is 6.52. The largest absolute Gasteiger partial charge is 0.492 e. The fraction of sp³-hybridized carbons (Fsp3) is 0.355. The number of hydrogen-bond donors (Lipinski definition) is 1. The molecule has 0 saturated heterocycles. The average Bonchev–Trinajstić information content (AvgIpc) is 3.44. The lowest BCUT2D eigenvalue weighted by Crippen LogP contribution is -2.25. The number of benzene rings is 3. The quantitative estimate of drug-likeness (QED) is 0.372. The average molecular weight is 516 g/mol. The molecule has 1 heterocycles. The first-order valence-corrected chi connectivity index (χ1v) is 12.7. The molecule has 5 rings (SSSR count). The number of carboxylic acids is 1. The maximum Gasteiger partial charge on any atom is 0.304 e. The first-order valence-electron chi connectivity index (χ1n) is 12.7. The lowest BCUT2D eigenvalue weighted by Gasteiger charge is -2.22. The van der Waals surface area contributed by atoms with Gasteiger partial charge in [-0.1, -0.05) is 12.1 Å². The van der Waals surface area contributed by atoms with Gasteiger partial charge >= 0.3 is 5.97 Å². The van der Waals surface area contributed by atoms with Crippen molar-refractivity contribution in [2.24, 2.45) is 0 Å². The first kappa shape index (κ1) is 25.6. The maximum absolute atomic E-state index is 15.2. The minimum atomic E-state index is -0.943. The van der Waals surface area contributed by atoms with E-state index in [1.54, 1.807) is 26.0 Å². The molecule has 3 aromatic rings. The topological polar surface area (TPSA) is 88.8 Å². The van der Waals surface area contributed by atoms with Gasteiger partial charge in [-0.2, -0.15) is 5.26 Å². The van der Waals surface area contributed by atoms with E-state index in [4.69, 9.17) is 19.3 Å². The van der Waals surface area contributed by atoms with Gasteiger partial charge in [0.2, 0.25) is 0 Å². The minimum Gasteiger partial charge on any atom is -0.492 e. The van der Waals surface area contributed by atoms with Crippen LogP contribution >= 0.6 is 0 Å². The summed E-state index contributed by atoms with van der Waals surface area (Å²) >= 11 is 0. The summed E-state index contributed by atoms with van der Waals surface area (Å²) < 4.78 is 33.1. The van der Waals surface area contributed by atoms with Crippen LogP contribution in [0, 0.1) is 31.0 Å². The number of aliphatic carboxylic acids is 1. The van der Waals surface area contributed by atoms with Crippen molar-refractivity contribution in [3.63, 3.8) is 0 Å². The monoisotopic (exact) mass is 515 g/mol. The van der Waals surface area contributed by atoms with Gasteiger partial charge in [-0.05, 0) is 92.6 Å². The van der Waals surface area contributed by atoms with Gasteiger partial charge in [0, 0.05) is 23.1 Å². The summed E-state index contributed by atoms with van der Waals surface area (Å²) in [4.78, 5) is 11.1. The second-order valence-electron chi connectivity index (χ2n) is 10.6. The zero-order valence-corrected chi connectivity index (χ0v) is 21.9. The normalized spacial score (nSPS) is 17.8. The van der Waals surface area contributed by atoms with Crippen LogP contribution in [0.1, 0.15) is 66.5 Å². The van der Waals surface area contributed by atoms with Crippen LogP contribution in [-0.4, -0.2) is 23.3 Å². The molecule has 1 aliphatic heterocycles. The highest BCUT2D eigenvalue weighted by atomic mass is 19.1. The molecule has 2 atom stereocenters. The SMILES string of the molecule is Cc1cc(OC(C)(C)C#N)cc(C)c1-c1ccc(F)c2c1CC[C@H]2Oc1ccc2c(c1)OC[C@H]2CC(=O)O. The second kappa shape index (κ2) is 9.68. The number of hydrogen-bond acceptors (Lipinski definition) is 5. The third kappa shape index (κ3) is 4.79. The molecule has 6 nitrogen and oxygen atoms in total. The van der Waals surface area contributed by atoms with Gasteiger partial charge in [0.05, 0.1) is 13.0 Å². The van der Waals surface area contributed by atoms with E-state index in [0.29, 0.717) is 42.3 Å². The van der Waals surface area contributed by atoms with Crippen LogP contribution in [0.5, 0.6) is 17.2 Å². The van der Waals surface area contributed by atoms with E-state index in [1.807, 2.05) is 38.1 Å². The van der Waals surface area contributed by atoms with Crippen molar-refractivity contribution in [3.05, 3.63) is 76.1 Å². The van der Waals surface area contributed by atoms with Crippen LogP contribution < -0.4 is 14.2 Å². The van der Waals surface area contributed by atoms with Gasteiger partial charge in [0.15, 0.2) is 5.60 Å². The number of nitriles is 1. The molecule has 0 amide bonds. The van der Waals surface area contributed by atoms with Crippen LogP contribution in [0.15, 0.2) is 42.5 Å². The third-order valence-electron chi connectivity index (χ3n) is 7.26. The molecule has 0 saturated carbocycles. The number of ether oxygens (including phenoxy) is 3. The number of fused-ring (bicyclic) bond motifs is 2. The van der Waals surface area contributed by atoms with Gasteiger partial charge in [-0.3, -0.25) is 4.79 Å². The fourth-order valence-corrected chi connectivity index (χ4v) is 5.62. The number of aryl methyl sites for hydroxylation is 2. The Balaban J connectivity index is 1.44. The second-order valence-corrected chi connectivity index (χ2v) is 10.6. The Morgan fingerprint density at radius 2 is 1.89 bits per heavy atom. The van der Waals surface area contributed by atoms with Crippen molar-refractivity contribution in [2.75, 3.05) is 6.61 Å². The highest BCUT2D eigenvalue weighted by Crippen LogP contribution is 2.45. The molecule has 1 aliphatic carbocycles. The molecule has 7 heteroatoms. The summed E-state index contributed by atoms with van der Waals surface area (Å²) in [7, 11) is 0. The number of carboxylic acid groups (broad SMARTS) is 1. The van der Waals surface area contributed by atoms with Crippen molar-refractivity contribution in [1.82, 2.24) is 0 Å². The number of carbonyl (C=O) groups is 1. The predicted molar refractivity (Wildman–Crippen MR) is 140 cm³/mol. The Labute approximate surface area is 221 Å². The third-order valence-corrected chi connectivity index (χ3v) is 7.26. The van der Waals surface area contributed by atoms with Gasteiger partial charge in [0.25, 0.3) is 0 Å². The highest BCUT2D eigenvalue weighted by molar-refractivity contribution is 5.76. The van der Waals surface area contributed by atoms with Crippen LogP contribution in [0.25, 0.3) is 11.1 Å². The van der Waals surface area contributed by atoms with Crippen molar-refractivity contribution < 1.29 is 28.5 Å². The van der Waals surface area contributed by atoms with Crippen LogP contribution in [0.3, 0.4) is 0 Å². The van der Waals surface area contributed by atoms with E-state index in [0.717, 1.165) is 33.4 Å². The summed E-state index contributed by atoms with van der Waals surface area (Å²) in [5.41, 5.74) is 5.39. The summed E-state index contributed by atoms with van der Waals surface area (Å²) in [5, 5.41) is 18.5. The van der Waals surface area contributed by atoms with E-state index >= 15 is 4.39 Å². The zero-order valence-electron chi connectivity index (χ0n) is 21.9. The van der Waals surface area contributed by atoms with Gasteiger partial charge in [-0.25, -0.2) is 4.39 Å². The summed E-state index contributed by atoms with van der Waals surface area (Å²) in [5.74, 6) is 0.471. The van der Waals surface area contributed by atoms with E-state index in [9.17, 15) is 10.1 Å². The maximum atomic E-state index is 15.2. The van der Waals surface area contributed by atoms with Crippen molar-refractivity contribution in [1.29, 1.82) is 5.26 Å². The molecule has 0 aromatic heterocycles. The van der Waals surface area contributed by atoms with E-state index in [-0.39, 0.29) is 18.2 Å². The molecular formula is C31H30FNO5. The van der Waals surface area contributed by atoms with E-state index < -0.39 is 17.7 Å². The number of halogens is 1. The van der Waals surface area contributed by atoms with Crippen molar-refractivity contribution in [3.8, 4) is 34.4 Å². The Bertz CT molecular complexity index is 1450. The Hall–Kier alpha value is -4.05. The smallest absolute Gasteiger partial charge is 0.304 e. The minimum absolute atomic E-state index is 0.0131. The molecule has 38 heavy (non-hydrogen) atoms. The lowest BCUT2D eigenvalue weighted by atomic mass is 9.90. The standard InChI is InChI=1S/C31H30FNO5/c1-17-11-21(38-31(3,4)16-33)12-18(2)29(17)23-7-9-25(32)30-24(23)8-10-26(30)37-20-5-6-22-19(13-28(34)35)15-36-27(22)14-20/h5-7,9,11-12,14,19,26H,8,10,13,15H2,1-4H3,(H,34,35)/t19-,26-/m1/s1. The molecule has 2 aliphatic rings. The van der Waals surface area contributed by atoms with Crippen molar-refractivity contribution in [2.45, 2.75) is 64.6 Å². The molecule has 0 fully saturated rings. The molecule has 1 N–H and O–H groups in total. The number of rotatable bonds is 7. The van der Waals surface area contributed by atoms with Crippen LogP contribution in [0.2, 0.25) is 0 Å². The lowest BCUT2D eigenvalue weighted by molar-refractivity contribution is -0.137. The van der Waals surface area contributed by atoms with Crippen molar-refractivity contribution >= 4 is 5.97 Å². The molecule has 0 bridgehead atoms. The molecule has 0 unspecified atom stereocenters. The first-order chi connectivity index (χ1) is 18.1. The fourth-order valence-electron chi connectivity index (χ4n) is 5.62. The number of nitrogens with zero attached hydrogens (tertiary/aromatic N) is 1. The van der Waals surface area contributed by atoms with E-state index in [2.05, 4.69) is 6.07 Å². The predicted octanol–water partition coefficient (Wildman–Crippen LogP) is 6.81. The van der Waals surface area contributed by atoms with Crippen LogP contribution in [0.4, 0.5) is 4.39 Å². The molecule has 196 valence electrons. The zero-order chi connectivity index (χ0) is 27.2. The van der Waals surface area contributed by atoms with E-state index in [1.165, 1.54) is 6.07 Å². The molecule has 3 aromatic carbocycles. The molecule has 0 radical (unpaired) electrons. The summed E-state index contributed by atoms with van der Waals surface area (Å²) in [6, 6.07) is 14.7. The van der Waals surface area contributed by atoms with Gasteiger partial charge in [0.1, 0.15) is 35.2 Å². The molecule has 0 spiro atoms. The highest BCUT2D eigenvalue weighted by Gasteiger charge is 2.32. The Morgan fingerprint density at radius 3 is 2.58 bits per heavy atom. The molecular weight excluding hydrogens is 485 g/mol. The Morgan fingerprint density at radius 1 is 1.16 bits per heavy atom. The summed E-state index contributed by atoms with van der Waals surface area (Å²) in [6.45, 7) is 7.76. The van der Waals surface area contributed by atoms with Crippen LogP contribution in [-0.2, 0) is 11.2 Å². The summed E-state index contributed by atoms with van der Waals surface area (Å²) in [6.07, 6.45) is 0.879.